The summed E-state index contributed by atoms with van der Waals surface area (Å²) in [5, 5.41) is 16.5. The molecule has 180 valence electrons. The highest BCUT2D eigenvalue weighted by atomic mass is 35.5. The third-order valence-electron chi connectivity index (χ3n) is 4.90. The second kappa shape index (κ2) is 11.7. The van der Waals surface area contributed by atoms with Crippen LogP contribution < -0.4 is 20.4 Å². The molecular weight excluding hydrogens is 468 g/mol. The van der Waals surface area contributed by atoms with Crippen LogP contribution in [0.4, 0.5) is 5.69 Å². The van der Waals surface area contributed by atoms with E-state index in [1.807, 2.05) is 43.3 Å². The Morgan fingerprint density at radius 2 is 1.71 bits per heavy atom. The number of hydrogen-bond donors (Lipinski definition) is 3. The average Bonchev–Trinajstić information content (AvgIpc) is 2.86. The normalized spacial score (nSPS) is 11.3. The Labute approximate surface area is 208 Å². The minimum absolute atomic E-state index is 0.00919. The zero-order valence-corrected chi connectivity index (χ0v) is 20.2. The summed E-state index contributed by atoms with van der Waals surface area (Å²) in [5.41, 5.74) is 5.02. The van der Waals surface area contributed by atoms with Gasteiger partial charge in [0.2, 0.25) is 0 Å². The van der Waals surface area contributed by atoms with E-state index in [-0.39, 0.29) is 22.2 Å². The van der Waals surface area contributed by atoms with E-state index in [2.05, 4.69) is 15.8 Å². The molecule has 3 aromatic rings. The fourth-order valence-electron chi connectivity index (χ4n) is 3.03. The fraction of sp³-hybridized carbons (Fsp3) is 0.115. The predicted octanol–water partition coefficient (Wildman–Crippen LogP) is 4.04. The summed E-state index contributed by atoms with van der Waals surface area (Å²) in [7, 11) is 5.25. The van der Waals surface area contributed by atoms with Gasteiger partial charge in [-0.2, -0.15) is 5.10 Å². The number of halogens is 1. The van der Waals surface area contributed by atoms with E-state index in [0.717, 1.165) is 5.69 Å². The van der Waals surface area contributed by atoms with Gasteiger partial charge < -0.3 is 20.1 Å². The summed E-state index contributed by atoms with van der Waals surface area (Å²) < 4.78 is 5.06. The zero-order valence-electron chi connectivity index (χ0n) is 19.4. The maximum atomic E-state index is 12.9. The quantitative estimate of drug-likeness (QED) is 0.250. The first kappa shape index (κ1) is 25.3. The Bertz CT molecular complexity index is 1260. The van der Waals surface area contributed by atoms with E-state index in [0.29, 0.717) is 16.7 Å². The van der Waals surface area contributed by atoms with E-state index in [4.69, 9.17) is 16.3 Å². The monoisotopic (exact) mass is 492 g/mol. The molecule has 0 bridgehead atoms. The predicted molar refractivity (Wildman–Crippen MR) is 138 cm³/mol. The molecule has 0 radical (unpaired) electrons. The number of ether oxygens (including phenoxy) is 1. The number of phenols is 1. The van der Waals surface area contributed by atoms with Crippen molar-refractivity contribution in [2.24, 2.45) is 5.10 Å². The van der Waals surface area contributed by atoms with Crippen molar-refractivity contribution in [1.29, 1.82) is 0 Å². The second-order valence-electron chi connectivity index (χ2n) is 7.62. The molecule has 0 saturated carbocycles. The van der Waals surface area contributed by atoms with Crippen LogP contribution in [0.15, 0.2) is 77.5 Å². The van der Waals surface area contributed by atoms with Crippen molar-refractivity contribution in [1.82, 2.24) is 10.7 Å². The Hall–Kier alpha value is -4.30. The van der Waals surface area contributed by atoms with Crippen molar-refractivity contribution in [3.05, 3.63) is 94.1 Å². The van der Waals surface area contributed by atoms with Gasteiger partial charge in [-0.3, -0.25) is 9.59 Å². The molecule has 0 aliphatic heterocycles. The number of benzene rings is 3. The molecule has 3 aromatic carbocycles. The maximum absolute atomic E-state index is 12.9. The van der Waals surface area contributed by atoms with Crippen LogP contribution in [0.5, 0.6) is 11.5 Å². The van der Waals surface area contributed by atoms with Crippen molar-refractivity contribution in [2.45, 2.75) is 0 Å². The fourth-order valence-corrected chi connectivity index (χ4v) is 3.25. The molecular formula is C26H25ClN4O4. The second-order valence-corrected chi connectivity index (χ2v) is 8.02. The molecule has 8 nitrogen and oxygen atoms in total. The average molecular weight is 493 g/mol. The minimum Gasteiger partial charge on any atom is -0.503 e. The number of hydrazone groups is 1. The van der Waals surface area contributed by atoms with Gasteiger partial charge in [-0.05, 0) is 53.6 Å². The van der Waals surface area contributed by atoms with Gasteiger partial charge in [0.1, 0.15) is 5.70 Å². The largest absolute Gasteiger partial charge is 0.503 e. The topological polar surface area (TPSA) is 103 Å². The molecule has 0 unspecified atom stereocenters. The molecule has 0 fully saturated rings. The van der Waals surface area contributed by atoms with Crippen LogP contribution >= 0.6 is 11.6 Å². The number of amides is 2. The lowest BCUT2D eigenvalue weighted by Crippen LogP contribution is -2.32. The third-order valence-corrected chi connectivity index (χ3v) is 5.19. The molecule has 9 heteroatoms. The first-order valence-electron chi connectivity index (χ1n) is 10.5. The number of carbonyl (C=O) groups is 2. The molecule has 2 amide bonds. The van der Waals surface area contributed by atoms with E-state index in [1.54, 1.807) is 36.4 Å². The number of nitrogens with one attached hydrogen (secondary N) is 2. The van der Waals surface area contributed by atoms with E-state index >= 15 is 0 Å². The molecule has 3 N–H and O–H groups in total. The Morgan fingerprint density at radius 1 is 1.03 bits per heavy atom. The lowest BCUT2D eigenvalue weighted by Gasteiger charge is -2.12. The number of anilines is 1. The van der Waals surface area contributed by atoms with Crippen LogP contribution in [0.25, 0.3) is 6.08 Å². The minimum atomic E-state index is -0.626. The van der Waals surface area contributed by atoms with E-state index in [1.165, 1.54) is 25.5 Å². The van der Waals surface area contributed by atoms with Crippen molar-refractivity contribution in [3.63, 3.8) is 0 Å². The molecule has 0 spiro atoms. The molecule has 3 rings (SSSR count). The highest BCUT2D eigenvalue weighted by Gasteiger charge is 2.14. The van der Waals surface area contributed by atoms with Crippen molar-refractivity contribution in [3.8, 4) is 11.5 Å². The van der Waals surface area contributed by atoms with Gasteiger partial charge in [-0.25, -0.2) is 5.43 Å². The number of hydrogen-bond acceptors (Lipinski definition) is 6. The summed E-state index contributed by atoms with van der Waals surface area (Å²) in [5.74, 6) is -1.08. The summed E-state index contributed by atoms with van der Waals surface area (Å²) in [6.45, 7) is 0. The number of carbonyl (C=O) groups excluding carboxylic acids is 2. The van der Waals surface area contributed by atoms with Gasteiger partial charge in [-0.1, -0.05) is 41.9 Å². The lowest BCUT2D eigenvalue weighted by atomic mass is 10.1. The standard InChI is InChI=1S/C26H25ClN4O4/c1-31(2)20-11-9-17(10-12-20)14-22(29-25(33)19-7-5-4-6-8-19)26(34)30-28-16-18-13-21(27)24(32)23(15-18)35-3/h4-16,32H,1-3H3,(H,29,33)(H,30,34)/b22-14-,28-16+. The first-order valence-corrected chi connectivity index (χ1v) is 10.9. The van der Waals surface area contributed by atoms with E-state index < -0.39 is 11.8 Å². The highest BCUT2D eigenvalue weighted by molar-refractivity contribution is 6.32. The van der Waals surface area contributed by atoms with Crippen molar-refractivity contribution >= 4 is 41.4 Å². The molecule has 0 heterocycles. The Kier molecular flexibility index (Phi) is 8.48. The smallest absolute Gasteiger partial charge is 0.287 e. The number of phenolic OH excluding ortho intramolecular Hbond substituents is 1. The highest BCUT2D eigenvalue weighted by Crippen LogP contribution is 2.34. The maximum Gasteiger partial charge on any atom is 0.287 e. The summed E-state index contributed by atoms with van der Waals surface area (Å²) in [6.07, 6.45) is 2.90. The molecule has 0 aliphatic rings. The van der Waals surface area contributed by atoms with Crippen LogP contribution in [-0.4, -0.2) is 44.3 Å². The zero-order chi connectivity index (χ0) is 25.4. The van der Waals surface area contributed by atoms with Crippen LogP contribution in [-0.2, 0) is 4.79 Å². The first-order chi connectivity index (χ1) is 16.8. The SMILES string of the molecule is COc1cc(/C=N/NC(=O)/C(=C/c2ccc(N(C)C)cc2)NC(=O)c2ccccc2)cc(Cl)c1O. The molecule has 0 saturated heterocycles. The molecule has 35 heavy (non-hydrogen) atoms. The van der Waals surface area contributed by atoms with Gasteiger partial charge in [0.15, 0.2) is 11.5 Å². The van der Waals surface area contributed by atoms with Crippen molar-refractivity contribution in [2.75, 3.05) is 26.1 Å². The number of methoxy groups -OCH3 is 1. The Balaban J connectivity index is 1.83. The van der Waals surface area contributed by atoms with E-state index in [9.17, 15) is 14.7 Å². The van der Waals surface area contributed by atoms with Crippen molar-refractivity contribution < 1.29 is 19.4 Å². The number of aromatic hydroxyl groups is 1. The van der Waals surface area contributed by atoms with Crippen LogP contribution in [0.2, 0.25) is 5.02 Å². The van der Waals surface area contributed by atoms with Crippen LogP contribution in [0, 0.1) is 0 Å². The number of rotatable bonds is 8. The number of nitrogens with zero attached hydrogens (tertiary/aromatic N) is 2. The molecule has 0 atom stereocenters. The summed E-state index contributed by atoms with van der Waals surface area (Å²) in [6, 6.07) is 19.0. The van der Waals surface area contributed by atoms with Gasteiger partial charge in [0.05, 0.1) is 18.3 Å². The van der Waals surface area contributed by atoms with Gasteiger partial charge in [-0.15, -0.1) is 0 Å². The van der Waals surface area contributed by atoms with Gasteiger partial charge in [0.25, 0.3) is 11.8 Å². The summed E-state index contributed by atoms with van der Waals surface area (Å²) in [4.78, 5) is 27.6. The van der Waals surface area contributed by atoms with Crippen LogP contribution in [0.1, 0.15) is 21.5 Å². The third kappa shape index (κ3) is 6.84. The Morgan fingerprint density at radius 3 is 2.34 bits per heavy atom. The molecule has 0 aliphatic carbocycles. The lowest BCUT2D eigenvalue weighted by molar-refractivity contribution is -0.117. The summed E-state index contributed by atoms with van der Waals surface area (Å²) >= 11 is 5.99. The van der Waals surface area contributed by atoms with Gasteiger partial charge >= 0.3 is 0 Å². The van der Waals surface area contributed by atoms with Crippen LogP contribution in [0.3, 0.4) is 0 Å². The van der Waals surface area contributed by atoms with Gasteiger partial charge in [0, 0.05) is 25.3 Å². The molecule has 0 aromatic heterocycles.